The number of aromatic nitrogens is 3. The highest BCUT2D eigenvalue weighted by atomic mass is 16.5. The molecule has 4 aromatic rings. The largest absolute Gasteiger partial charge is 0.465 e. The highest BCUT2D eigenvalue weighted by Gasteiger charge is 2.24. The van der Waals surface area contributed by atoms with Gasteiger partial charge in [-0.3, -0.25) is 4.79 Å². The van der Waals surface area contributed by atoms with Crippen LogP contribution in [0.25, 0.3) is 22.0 Å². The summed E-state index contributed by atoms with van der Waals surface area (Å²) in [7, 11) is 0. The van der Waals surface area contributed by atoms with Gasteiger partial charge >= 0.3 is 6.09 Å². The van der Waals surface area contributed by atoms with E-state index in [0.717, 1.165) is 47.7 Å². The second kappa shape index (κ2) is 13.3. The van der Waals surface area contributed by atoms with Crippen LogP contribution in [0.2, 0.25) is 0 Å². The lowest BCUT2D eigenvalue weighted by atomic mass is 9.87. The van der Waals surface area contributed by atoms with Crippen LogP contribution in [-0.2, 0) is 4.79 Å². The molecule has 1 atom stereocenters. The summed E-state index contributed by atoms with van der Waals surface area (Å²) in [5.74, 6) is 1.99. The zero-order chi connectivity index (χ0) is 30.5. The Morgan fingerprint density at radius 1 is 0.955 bits per heavy atom. The van der Waals surface area contributed by atoms with E-state index in [1.165, 1.54) is 24.2 Å². The van der Waals surface area contributed by atoms with Crippen LogP contribution in [0.3, 0.4) is 0 Å². The number of anilines is 2. The lowest BCUT2D eigenvalue weighted by Gasteiger charge is -2.31. The molecule has 1 saturated heterocycles. The number of likely N-dealkylation sites (tertiary alicyclic amines) is 1. The molecule has 44 heavy (non-hydrogen) atoms. The third kappa shape index (κ3) is 6.74. The van der Waals surface area contributed by atoms with Gasteiger partial charge in [-0.1, -0.05) is 43.5 Å². The first-order valence-electron chi connectivity index (χ1n) is 15.5. The summed E-state index contributed by atoms with van der Waals surface area (Å²) in [5, 5.41) is 17.6. The van der Waals surface area contributed by atoms with E-state index in [-0.39, 0.29) is 11.9 Å². The lowest BCUT2D eigenvalue weighted by molar-refractivity contribution is -0.117. The van der Waals surface area contributed by atoms with E-state index < -0.39 is 6.09 Å². The minimum absolute atomic E-state index is 0.0523. The lowest BCUT2D eigenvalue weighted by Crippen LogP contribution is -2.44. The van der Waals surface area contributed by atoms with Crippen molar-refractivity contribution in [3.63, 3.8) is 0 Å². The van der Waals surface area contributed by atoms with Gasteiger partial charge in [-0.2, -0.15) is 0 Å². The maximum absolute atomic E-state index is 13.0. The number of aryl methyl sites for hydroxylation is 1. The Morgan fingerprint density at radius 2 is 1.82 bits per heavy atom. The number of hydrogen-bond donors (Lipinski definition) is 3. The minimum Gasteiger partial charge on any atom is -0.465 e. The third-order valence-corrected chi connectivity index (χ3v) is 8.61. The number of pyridine rings is 1. The molecule has 10 nitrogen and oxygen atoms in total. The smallest absolute Gasteiger partial charge is 0.407 e. The number of piperidine rings is 1. The molecular weight excluding hydrogens is 556 g/mol. The number of amides is 2. The van der Waals surface area contributed by atoms with Crippen LogP contribution in [0.15, 0.2) is 60.9 Å². The average molecular weight is 595 g/mol. The molecule has 1 aliphatic heterocycles. The molecule has 1 saturated carbocycles. The van der Waals surface area contributed by atoms with Crippen molar-refractivity contribution >= 4 is 34.4 Å². The number of benzene rings is 2. The second-order valence-corrected chi connectivity index (χ2v) is 11.8. The Bertz CT molecular complexity index is 1650. The van der Waals surface area contributed by atoms with Crippen molar-refractivity contribution in [2.45, 2.75) is 64.3 Å². The number of nitrogens with one attached hydrogen (secondary N) is 2. The topological polar surface area (TPSA) is 130 Å². The zero-order valence-electron chi connectivity index (χ0n) is 25.0. The van der Waals surface area contributed by atoms with E-state index in [1.807, 2.05) is 49.4 Å². The molecule has 2 aliphatic rings. The SMILES string of the molecule is Cc1ccc2c(NC(=O)CC3CCCCC3)cccc2c1Oc1ncccc1-c1ccnc(NC2CCCN(C(=O)O)C2)n1. The molecule has 10 heteroatoms. The van der Waals surface area contributed by atoms with Crippen LogP contribution >= 0.6 is 0 Å². The number of carboxylic acid groups (broad SMARTS) is 1. The number of nitrogens with zero attached hydrogens (tertiary/aromatic N) is 4. The quantitative estimate of drug-likeness (QED) is 0.194. The Balaban J connectivity index is 1.24. The van der Waals surface area contributed by atoms with Gasteiger partial charge in [0.05, 0.1) is 11.3 Å². The molecule has 0 radical (unpaired) electrons. The fourth-order valence-corrected chi connectivity index (χ4v) is 6.33. The van der Waals surface area contributed by atoms with E-state index in [9.17, 15) is 14.7 Å². The van der Waals surface area contributed by atoms with Gasteiger partial charge in [0, 0.05) is 54.4 Å². The van der Waals surface area contributed by atoms with Crippen LogP contribution in [0, 0.1) is 12.8 Å². The molecule has 2 amide bonds. The van der Waals surface area contributed by atoms with Crippen LogP contribution in [-0.4, -0.2) is 56.1 Å². The first kappa shape index (κ1) is 29.3. The van der Waals surface area contributed by atoms with Crippen LogP contribution in [0.5, 0.6) is 11.6 Å². The fourth-order valence-electron chi connectivity index (χ4n) is 6.33. The Morgan fingerprint density at radius 3 is 2.66 bits per heavy atom. The minimum atomic E-state index is -0.916. The molecule has 1 aliphatic carbocycles. The van der Waals surface area contributed by atoms with E-state index in [4.69, 9.17) is 9.72 Å². The number of fused-ring (bicyclic) bond motifs is 1. The van der Waals surface area contributed by atoms with Gasteiger partial charge in [-0.05, 0) is 68.4 Å². The van der Waals surface area contributed by atoms with Gasteiger partial charge in [0.15, 0.2) is 0 Å². The van der Waals surface area contributed by atoms with Crippen molar-refractivity contribution in [2.75, 3.05) is 23.7 Å². The molecular formula is C34H38N6O4. The third-order valence-electron chi connectivity index (χ3n) is 8.61. The first-order valence-corrected chi connectivity index (χ1v) is 15.5. The summed E-state index contributed by atoms with van der Waals surface area (Å²) in [6.45, 7) is 2.91. The van der Waals surface area contributed by atoms with Crippen LogP contribution < -0.4 is 15.4 Å². The van der Waals surface area contributed by atoms with Crippen molar-refractivity contribution in [1.29, 1.82) is 0 Å². The van der Waals surface area contributed by atoms with Crippen molar-refractivity contribution < 1.29 is 19.4 Å². The van der Waals surface area contributed by atoms with Gasteiger partial charge in [0.1, 0.15) is 5.75 Å². The van der Waals surface area contributed by atoms with Crippen molar-refractivity contribution in [3.8, 4) is 22.9 Å². The summed E-state index contributed by atoms with van der Waals surface area (Å²) < 4.78 is 6.54. The molecule has 1 unspecified atom stereocenters. The number of rotatable bonds is 8. The monoisotopic (exact) mass is 594 g/mol. The molecule has 6 rings (SSSR count). The zero-order valence-corrected chi connectivity index (χ0v) is 25.0. The van der Waals surface area contributed by atoms with Gasteiger partial charge in [0.2, 0.25) is 17.7 Å². The maximum atomic E-state index is 13.0. The normalized spacial score (nSPS) is 17.3. The Hall–Kier alpha value is -4.73. The predicted molar refractivity (Wildman–Crippen MR) is 170 cm³/mol. The highest BCUT2D eigenvalue weighted by molar-refractivity contribution is 6.04. The molecule has 3 heterocycles. The van der Waals surface area contributed by atoms with Gasteiger partial charge in [-0.25, -0.2) is 19.7 Å². The molecule has 2 aromatic carbocycles. The van der Waals surface area contributed by atoms with E-state index in [1.54, 1.807) is 18.5 Å². The fraction of sp³-hybridized carbons (Fsp3) is 0.382. The summed E-state index contributed by atoms with van der Waals surface area (Å²) in [4.78, 5) is 39.5. The van der Waals surface area contributed by atoms with Gasteiger partial charge in [-0.15, -0.1) is 0 Å². The van der Waals surface area contributed by atoms with E-state index in [0.29, 0.717) is 54.3 Å². The average Bonchev–Trinajstić information content (AvgIpc) is 3.03. The van der Waals surface area contributed by atoms with Crippen molar-refractivity contribution in [2.24, 2.45) is 5.92 Å². The first-order chi connectivity index (χ1) is 21.4. The highest BCUT2D eigenvalue weighted by Crippen LogP contribution is 2.39. The molecule has 2 fully saturated rings. The number of ether oxygens (including phenoxy) is 1. The number of carbonyl (C=O) groups excluding carboxylic acids is 1. The van der Waals surface area contributed by atoms with E-state index >= 15 is 0 Å². The summed E-state index contributed by atoms with van der Waals surface area (Å²) >= 11 is 0. The summed E-state index contributed by atoms with van der Waals surface area (Å²) in [5.41, 5.74) is 3.03. The Labute approximate surface area is 256 Å². The van der Waals surface area contributed by atoms with Crippen molar-refractivity contribution in [3.05, 3.63) is 66.5 Å². The summed E-state index contributed by atoms with van der Waals surface area (Å²) in [6.07, 6.45) is 10.5. The summed E-state index contributed by atoms with van der Waals surface area (Å²) in [6, 6.07) is 15.3. The Kier molecular flexibility index (Phi) is 8.86. The molecule has 2 aromatic heterocycles. The predicted octanol–water partition coefficient (Wildman–Crippen LogP) is 7.26. The van der Waals surface area contributed by atoms with Crippen molar-refractivity contribution in [1.82, 2.24) is 19.9 Å². The van der Waals surface area contributed by atoms with Crippen LogP contribution in [0.4, 0.5) is 16.4 Å². The van der Waals surface area contributed by atoms with E-state index in [2.05, 4.69) is 20.6 Å². The molecule has 0 bridgehead atoms. The number of carbonyl (C=O) groups is 2. The second-order valence-electron chi connectivity index (χ2n) is 11.8. The molecule has 0 spiro atoms. The molecule has 228 valence electrons. The van der Waals surface area contributed by atoms with Gasteiger partial charge in [0.25, 0.3) is 0 Å². The number of hydrogen-bond acceptors (Lipinski definition) is 7. The standard InChI is InChI=1S/C34H38N6O4/c1-22-14-15-25-26(11-5-13-28(25)38-30(41)20-23-8-3-2-4-9-23)31(22)44-32-27(12-6-17-35-32)29-16-18-36-33(39-29)37-24-10-7-19-40(21-24)34(42)43/h5-6,11-18,23-24H,2-4,7-10,19-21H2,1H3,(H,38,41)(H,42,43)(H,36,37,39). The van der Waals surface area contributed by atoms with Crippen LogP contribution in [0.1, 0.15) is 56.9 Å². The molecule has 3 N–H and O–H groups in total. The van der Waals surface area contributed by atoms with Gasteiger partial charge < -0.3 is 25.4 Å². The maximum Gasteiger partial charge on any atom is 0.407 e.